The minimum atomic E-state index is -4.10. The Morgan fingerprint density at radius 2 is 0.821 bits per heavy atom. The third kappa shape index (κ3) is 6.52. The molecule has 0 N–H and O–H groups in total. The van der Waals surface area contributed by atoms with Crippen molar-refractivity contribution in [2.24, 2.45) is 0 Å². The summed E-state index contributed by atoms with van der Waals surface area (Å²) in [7, 11) is -8.20. The van der Waals surface area contributed by atoms with Crippen LogP contribution in [0.3, 0.4) is 0 Å². The van der Waals surface area contributed by atoms with Crippen LogP contribution in [0.15, 0.2) is 82.6 Å². The van der Waals surface area contributed by atoms with Crippen molar-refractivity contribution in [3.8, 4) is 11.5 Å². The molecule has 0 aromatic heterocycles. The highest BCUT2D eigenvalue weighted by atomic mass is 32.2. The van der Waals surface area contributed by atoms with Gasteiger partial charge in [0.25, 0.3) is 0 Å². The summed E-state index contributed by atoms with van der Waals surface area (Å²) in [6.45, 7) is 11.2. The minimum Gasteiger partial charge on any atom is -0.378 e. The molecule has 0 aliphatic rings. The van der Waals surface area contributed by atoms with Gasteiger partial charge in [-0.1, -0.05) is 70.8 Å². The second-order valence-corrected chi connectivity index (χ2v) is 13.1. The Balaban J connectivity index is 1.77. The van der Waals surface area contributed by atoms with Crippen molar-refractivity contribution in [2.75, 3.05) is 0 Å². The zero-order valence-corrected chi connectivity index (χ0v) is 24.5. The standard InChI is InChI=1S/C31H32O6S2/c1-20-7-11-28(12-8-20)38(32,33)36-30-24(5)15-22(3)17-26(30)19-27-18-23(4)16-25(6)31(27)37-39(34,35)29-13-9-21(2)10-14-29/h7-18H,19H2,1-6H3. The normalized spacial score (nSPS) is 11.8. The Bertz CT molecular complexity index is 1610. The Kier molecular flexibility index (Phi) is 7.91. The first-order chi connectivity index (χ1) is 18.2. The highest BCUT2D eigenvalue weighted by molar-refractivity contribution is 7.87. The fraction of sp³-hybridized carbons (Fsp3) is 0.226. The summed E-state index contributed by atoms with van der Waals surface area (Å²) < 4.78 is 64.1. The maximum Gasteiger partial charge on any atom is 0.339 e. The highest BCUT2D eigenvalue weighted by Gasteiger charge is 2.24. The smallest absolute Gasteiger partial charge is 0.339 e. The van der Waals surface area contributed by atoms with Gasteiger partial charge in [-0.2, -0.15) is 16.8 Å². The van der Waals surface area contributed by atoms with Crippen LogP contribution in [0.25, 0.3) is 0 Å². The largest absolute Gasteiger partial charge is 0.378 e. The van der Waals surface area contributed by atoms with Gasteiger partial charge in [0.1, 0.15) is 21.3 Å². The fourth-order valence-corrected chi connectivity index (χ4v) is 6.56. The van der Waals surface area contributed by atoms with Crippen molar-refractivity contribution in [3.63, 3.8) is 0 Å². The van der Waals surface area contributed by atoms with Gasteiger partial charge in [0.2, 0.25) is 0 Å². The van der Waals surface area contributed by atoms with E-state index in [2.05, 4.69) is 0 Å². The van der Waals surface area contributed by atoms with Crippen LogP contribution in [0.1, 0.15) is 44.5 Å². The Morgan fingerprint density at radius 3 is 1.15 bits per heavy atom. The molecule has 0 bridgehead atoms. The van der Waals surface area contributed by atoms with Crippen LogP contribution >= 0.6 is 0 Å². The SMILES string of the molecule is Cc1ccc(S(=O)(=O)Oc2c(C)cc(C)cc2Cc2cc(C)cc(C)c2OS(=O)(=O)c2ccc(C)cc2)cc1. The Morgan fingerprint density at radius 1 is 0.487 bits per heavy atom. The van der Waals surface area contributed by atoms with Crippen molar-refractivity contribution < 1.29 is 25.2 Å². The van der Waals surface area contributed by atoms with E-state index in [9.17, 15) is 16.8 Å². The van der Waals surface area contributed by atoms with Gasteiger partial charge in [0, 0.05) is 17.5 Å². The summed E-state index contributed by atoms with van der Waals surface area (Å²) in [4.78, 5) is 0.109. The van der Waals surface area contributed by atoms with Crippen LogP contribution in [-0.4, -0.2) is 16.8 Å². The van der Waals surface area contributed by atoms with Gasteiger partial charge in [-0.3, -0.25) is 0 Å². The molecule has 0 radical (unpaired) electrons. The van der Waals surface area contributed by atoms with Gasteiger partial charge < -0.3 is 8.37 Å². The Hall–Kier alpha value is -3.62. The molecule has 0 spiro atoms. The van der Waals surface area contributed by atoms with Gasteiger partial charge in [0.05, 0.1) is 0 Å². The summed E-state index contributed by atoms with van der Waals surface area (Å²) in [6.07, 6.45) is 0.197. The molecule has 0 saturated carbocycles. The number of hydrogen-bond donors (Lipinski definition) is 0. The third-order valence-corrected chi connectivity index (χ3v) is 8.85. The molecule has 4 aromatic carbocycles. The Labute approximate surface area is 231 Å². The van der Waals surface area contributed by atoms with Crippen molar-refractivity contribution in [2.45, 2.75) is 57.8 Å². The van der Waals surface area contributed by atoms with E-state index in [0.717, 1.165) is 22.3 Å². The van der Waals surface area contributed by atoms with Gasteiger partial charge >= 0.3 is 20.2 Å². The maximum atomic E-state index is 13.2. The maximum absolute atomic E-state index is 13.2. The lowest BCUT2D eigenvalue weighted by Gasteiger charge is -2.18. The first-order valence-electron chi connectivity index (χ1n) is 12.5. The van der Waals surface area contributed by atoms with Crippen molar-refractivity contribution in [3.05, 3.63) is 117 Å². The van der Waals surface area contributed by atoms with Gasteiger partial charge in [0.15, 0.2) is 0 Å². The van der Waals surface area contributed by atoms with Gasteiger partial charge in [-0.05, 0) is 76.9 Å². The lowest BCUT2D eigenvalue weighted by molar-refractivity contribution is 0.479. The van der Waals surface area contributed by atoms with Crippen molar-refractivity contribution >= 4 is 20.2 Å². The molecule has 0 aliphatic heterocycles. The first-order valence-corrected chi connectivity index (χ1v) is 15.3. The molecule has 0 heterocycles. The number of benzene rings is 4. The predicted molar refractivity (Wildman–Crippen MR) is 153 cm³/mol. The lowest BCUT2D eigenvalue weighted by atomic mass is 9.96. The summed E-state index contributed by atoms with van der Waals surface area (Å²) in [6, 6.07) is 20.3. The summed E-state index contributed by atoms with van der Waals surface area (Å²) in [5, 5.41) is 0. The zero-order chi connectivity index (χ0) is 28.5. The average molecular weight is 565 g/mol. The summed E-state index contributed by atoms with van der Waals surface area (Å²) in [5.41, 5.74) is 6.22. The molecule has 0 fully saturated rings. The van der Waals surface area contributed by atoms with Crippen molar-refractivity contribution in [1.82, 2.24) is 0 Å². The van der Waals surface area contributed by atoms with E-state index < -0.39 is 20.2 Å². The van der Waals surface area contributed by atoms with Crippen molar-refractivity contribution in [1.29, 1.82) is 0 Å². The number of aryl methyl sites for hydroxylation is 6. The van der Waals surface area contributed by atoms with E-state index in [4.69, 9.17) is 8.37 Å². The van der Waals surface area contributed by atoms with Crippen LogP contribution in [-0.2, 0) is 26.7 Å². The average Bonchev–Trinajstić information content (AvgIpc) is 2.84. The number of hydrogen-bond acceptors (Lipinski definition) is 6. The van der Waals surface area contributed by atoms with E-state index >= 15 is 0 Å². The predicted octanol–water partition coefficient (Wildman–Crippen LogP) is 6.66. The molecular formula is C31H32O6S2. The molecule has 4 aromatic rings. The van der Waals surface area contributed by atoms with E-state index in [-0.39, 0.29) is 27.7 Å². The first kappa shape index (κ1) is 28.4. The molecule has 6 nitrogen and oxygen atoms in total. The van der Waals surface area contributed by atoms with Crippen LogP contribution in [0.5, 0.6) is 11.5 Å². The van der Waals surface area contributed by atoms with E-state index in [1.54, 1.807) is 38.1 Å². The second-order valence-electron chi connectivity index (χ2n) is 10.0. The fourth-order valence-electron chi connectivity index (χ4n) is 4.52. The van der Waals surface area contributed by atoms with E-state index in [1.807, 2.05) is 52.0 Å². The molecule has 4 rings (SSSR count). The number of rotatable bonds is 8. The highest BCUT2D eigenvalue weighted by Crippen LogP contribution is 2.35. The third-order valence-electron chi connectivity index (χ3n) is 6.38. The quantitative estimate of drug-likeness (QED) is 0.222. The van der Waals surface area contributed by atoms with E-state index in [0.29, 0.717) is 22.3 Å². The zero-order valence-electron chi connectivity index (χ0n) is 22.9. The molecule has 0 unspecified atom stereocenters. The van der Waals surface area contributed by atoms with Crippen LogP contribution in [0.4, 0.5) is 0 Å². The second kappa shape index (κ2) is 10.9. The van der Waals surface area contributed by atoms with Crippen LogP contribution in [0, 0.1) is 41.5 Å². The monoisotopic (exact) mass is 564 g/mol. The van der Waals surface area contributed by atoms with Crippen LogP contribution < -0.4 is 8.37 Å². The molecule has 0 amide bonds. The van der Waals surface area contributed by atoms with Crippen LogP contribution in [0.2, 0.25) is 0 Å². The molecular weight excluding hydrogens is 532 g/mol. The molecule has 204 valence electrons. The summed E-state index contributed by atoms with van der Waals surface area (Å²) in [5.74, 6) is 0.431. The van der Waals surface area contributed by atoms with Gasteiger partial charge in [-0.15, -0.1) is 0 Å². The minimum absolute atomic E-state index is 0.0543. The van der Waals surface area contributed by atoms with E-state index in [1.165, 1.54) is 24.3 Å². The van der Waals surface area contributed by atoms with Gasteiger partial charge in [-0.25, -0.2) is 0 Å². The molecule has 0 aliphatic carbocycles. The summed E-state index contributed by atoms with van der Waals surface area (Å²) >= 11 is 0. The molecule has 0 atom stereocenters. The molecule has 39 heavy (non-hydrogen) atoms. The molecule has 8 heteroatoms. The lowest BCUT2D eigenvalue weighted by Crippen LogP contribution is -2.14. The topological polar surface area (TPSA) is 86.7 Å². The molecule has 0 saturated heterocycles.